The molecule has 1 saturated carbocycles. The molecule has 0 amide bonds. The molecule has 3 atom stereocenters. The molecule has 6 nitrogen and oxygen atoms in total. The lowest BCUT2D eigenvalue weighted by molar-refractivity contribution is -0.149. The number of carbonyl (C=O) groups is 1. The van der Waals surface area contributed by atoms with Crippen molar-refractivity contribution in [1.82, 2.24) is 4.72 Å². The lowest BCUT2D eigenvalue weighted by Crippen LogP contribution is -2.45. The van der Waals surface area contributed by atoms with Crippen LogP contribution in [0.1, 0.15) is 71.4 Å². The highest BCUT2D eigenvalue weighted by Gasteiger charge is 2.40. The third-order valence-electron chi connectivity index (χ3n) is 6.07. The van der Waals surface area contributed by atoms with Gasteiger partial charge >= 0.3 is 5.97 Å². The Morgan fingerprint density at radius 1 is 1.27 bits per heavy atom. The van der Waals surface area contributed by atoms with Crippen molar-refractivity contribution in [1.29, 1.82) is 0 Å². The Morgan fingerprint density at radius 2 is 1.97 bits per heavy atom. The van der Waals surface area contributed by atoms with Crippen molar-refractivity contribution in [2.24, 2.45) is 11.8 Å². The van der Waals surface area contributed by atoms with Crippen LogP contribution in [0, 0.1) is 11.8 Å². The second-order valence-electron chi connectivity index (χ2n) is 9.21. The summed E-state index contributed by atoms with van der Waals surface area (Å²) in [5, 5.41) is 0. The normalized spacial score (nSPS) is 27.5. The number of ether oxygens (including phenoxy) is 3. The number of hydrogen-bond acceptors (Lipinski definition) is 6. The van der Waals surface area contributed by atoms with Crippen LogP contribution in [0.15, 0.2) is 18.2 Å². The third kappa shape index (κ3) is 5.42. The molecule has 1 heterocycles. The van der Waals surface area contributed by atoms with Gasteiger partial charge in [-0.25, -0.2) is 0 Å². The summed E-state index contributed by atoms with van der Waals surface area (Å²) in [5.41, 5.74) is 1.02. The minimum atomic E-state index is -1.18. The lowest BCUT2D eigenvalue weighted by atomic mass is 9.77. The zero-order valence-electron chi connectivity index (χ0n) is 18.7. The fourth-order valence-electron chi connectivity index (χ4n) is 4.30. The Bertz CT molecular complexity index is 727. The first kappa shape index (κ1) is 23.2. The number of hydrogen-bond donors (Lipinski definition) is 1. The smallest absolute Gasteiger partial charge is 0.308 e. The SMILES string of the molecule is CCOC(=O)[C@H]1CC[C@H]([C@@H]2C[C@H](N[S@+]([O-])C(C)(C)C)c3ccc(OC)cc3O2)CC1. The molecular formula is C23H35NO5S. The van der Waals surface area contributed by atoms with E-state index < -0.39 is 11.4 Å². The van der Waals surface area contributed by atoms with Crippen LogP contribution in [-0.4, -0.2) is 35.1 Å². The molecule has 30 heavy (non-hydrogen) atoms. The molecule has 2 aliphatic rings. The molecule has 3 rings (SSSR count). The Kier molecular flexibility index (Phi) is 7.58. The summed E-state index contributed by atoms with van der Waals surface area (Å²) in [4.78, 5) is 12.1. The summed E-state index contributed by atoms with van der Waals surface area (Å²) < 4.78 is 32.8. The maximum Gasteiger partial charge on any atom is 0.308 e. The summed E-state index contributed by atoms with van der Waals surface area (Å²) in [5.74, 6) is 1.83. The van der Waals surface area contributed by atoms with Gasteiger partial charge in [-0.1, -0.05) is 0 Å². The predicted octanol–water partition coefficient (Wildman–Crippen LogP) is 4.31. The van der Waals surface area contributed by atoms with Gasteiger partial charge in [0, 0.05) is 29.4 Å². The van der Waals surface area contributed by atoms with Crippen LogP contribution in [0.5, 0.6) is 11.5 Å². The molecule has 0 aromatic heterocycles. The summed E-state index contributed by atoms with van der Waals surface area (Å²) in [6, 6.07) is 5.79. The standard InChI is InChI=1S/C23H35NO5S/c1-6-28-22(25)16-9-7-15(8-10-16)20-14-19(24-30(26)23(2,3)4)18-12-11-17(27-5)13-21(18)29-20/h11-13,15-16,19-20,24H,6-10,14H2,1-5H3/t15-,16-,19-,20-,30+/m0/s1. The average Bonchev–Trinajstić information content (AvgIpc) is 2.72. The van der Waals surface area contributed by atoms with Gasteiger partial charge in [-0.3, -0.25) is 4.79 Å². The van der Waals surface area contributed by atoms with Crippen LogP contribution in [0.3, 0.4) is 0 Å². The van der Waals surface area contributed by atoms with Gasteiger partial charge in [0.25, 0.3) is 0 Å². The molecule has 1 aromatic carbocycles. The summed E-state index contributed by atoms with van der Waals surface area (Å²) in [6.45, 7) is 8.19. The van der Waals surface area contributed by atoms with E-state index in [9.17, 15) is 9.35 Å². The van der Waals surface area contributed by atoms with Gasteiger partial charge in [-0.2, -0.15) is 0 Å². The number of methoxy groups -OCH3 is 1. The molecule has 1 aromatic rings. The van der Waals surface area contributed by atoms with Crippen molar-refractivity contribution in [3.05, 3.63) is 23.8 Å². The second-order valence-corrected chi connectivity index (χ2v) is 11.2. The predicted molar refractivity (Wildman–Crippen MR) is 118 cm³/mol. The van der Waals surface area contributed by atoms with Gasteiger partial charge in [0.1, 0.15) is 22.4 Å². The van der Waals surface area contributed by atoms with E-state index in [1.54, 1.807) is 7.11 Å². The van der Waals surface area contributed by atoms with Crippen molar-refractivity contribution in [3.8, 4) is 11.5 Å². The first-order chi connectivity index (χ1) is 14.2. The molecule has 0 saturated heterocycles. The lowest BCUT2D eigenvalue weighted by Gasteiger charge is -2.39. The first-order valence-electron chi connectivity index (χ1n) is 10.9. The molecule has 7 heteroatoms. The van der Waals surface area contributed by atoms with Crippen LogP contribution >= 0.6 is 0 Å². The zero-order chi connectivity index (χ0) is 21.9. The number of nitrogens with one attached hydrogen (secondary N) is 1. The molecule has 0 radical (unpaired) electrons. The highest BCUT2D eigenvalue weighted by molar-refractivity contribution is 7.90. The van der Waals surface area contributed by atoms with Gasteiger partial charge in [-0.15, -0.1) is 4.72 Å². The van der Waals surface area contributed by atoms with E-state index in [-0.39, 0.29) is 28.8 Å². The topological polar surface area (TPSA) is 79.9 Å². The fourth-order valence-corrected chi connectivity index (χ4v) is 5.13. The van der Waals surface area contributed by atoms with E-state index in [4.69, 9.17) is 14.2 Å². The monoisotopic (exact) mass is 437 g/mol. The minimum absolute atomic E-state index is 0.000475. The van der Waals surface area contributed by atoms with Crippen LogP contribution in [0.2, 0.25) is 0 Å². The number of carbonyl (C=O) groups excluding carboxylic acids is 1. The molecule has 0 bridgehead atoms. The molecule has 1 aliphatic heterocycles. The molecule has 0 unspecified atom stereocenters. The van der Waals surface area contributed by atoms with E-state index in [0.29, 0.717) is 12.5 Å². The van der Waals surface area contributed by atoms with Crippen molar-refractivity contribution in [3.63, 3.8) is 0 Å². The summed E-state index contributed by atoms with van der Waals surface area (Å²) in [7, 11) is 1.64. The maximum atomic E-state index is 12.8. The molecule has 1 aliphatic carbocycles. The van der Waals surface area contributed by atoms with Gasteiger partial charge < -0.3 is 18.8 Å². The van der Waals surface area contributed by atoms with E-state index in [2.05, 4.69) is 4.72 Å². The third-order valence-corrected chi connectivity index (χ3v) is 7.68. The van der Waals surface area contributed by atoms with E-state index >= 15 is 0 Å². The number of fused-ring (bicyclic) bond motifs is 1. The van der Waals surface area contributed by atoms with Crippen molar-refractivity contribution in [2.75, 3.05) is 13.7 Å². The van der Waals surface area contributed by atoms with Crippen LogP contribution in [-0.2, 0) is 20.9 Å². The highest BCUT2D eigenvalue weighted by Crippen LogP contribution is 2.43. The number of esters is 1. The largest absolute Gasteiger partial charge is 0.598 e. The fraction of sp³-hybridized carbons (Fsp3) is 0.696. The van der Waals surface area contributed by atoms with Gasteiger partial charge in [0.2, 0.25) is 0 Å². The van der Waals surface area contributed by atoms with E-state index in [1.165, 1.54) is 0 Å². The Labute approximate surface area is 183 Å². The molecular weight excluding hydrogens is 402 g/mol. The molecule has 1 N–H and O–H groups in total. The van der Waals surface area contributed by atoms with Crippen molar-refractivity contribution < 1.29 is 23.6 Å². The second kappa shape index (κ2) is 9.79. The Morgan fingerprint density at radius 3 is 2.57 bits per heavy atom. The van der Waals surface area contributed by atoms with Gasteiger partial charge in [0.15, 0.2) is 0 Å². The summed E-state index contributed by atoms with van der Waals surface area (Å²) >= 11 is -1.18. The quantitative estimate of drug-likeness (QED) is 0.528. The van der Waals surface area contributed by atoms with Crippen LogP contribution in [0.4, 0.5) is 0 Å². The first-order valence-corrected chi connectivity index (χ1v) is 12.1. The van der Waals surface area contributed by atoms with Gasteiger partial charge in [0.05, 0.1) is 25.7 Å². The van der Waals surface area contributed by atoms with Crippen LogP contribution < -0.4 is 14.2 Å². The average molecular weight is 438 g/mol. The Hall–Kier alpha value is -1.44. The maximum absolute atomic E-state index is 12.8. The number of benzene rings is 1. The summed E-state index contributed by atoms with van der Waals surface area (Å²) in [6.07, 6.45) is 4.31. The zero-order valence-corrected chi connectivity index (χ0v) is 19.6. The van der Waals surface area contributed by atoms with E-state index in [1.807, 2.05) is 45.9 Å². The highest BCUT2D eigenvalue weighted by atomic mass is 32.2. The molecule has 1 fully saturated rings. The van der Waals surface area contributed by atoms with Crippen molar-refractivity contribution >= 4 is 17.3 Å². The molecule has 168 valence electrons. The molecule has 0 spiro atoms. The van der Waals surface area contributed by atoms with Crippen molar-refractivity contribution in [2.45, 2.75) is 76.7 Å². The number of rotatable bonds is 6. The van der Waals surface area contributed by atoms with E-state index in [0.717, 1.165) is 49.2 Å². The van der Waals surface area contributed by atoms with Crippen LogP contribution in [0.25, 0.3) is 0 Å². The van der Waals surface area contributed by atoms with Gasteiger partial charge in [-0.05, 0) is 71.4 Å². The minimum Gasteiger partial charge on any atom is -0.598 e. The Balaban J connectivity index is 1.74.